The molecule has 0 radical (unpaired) electrons. The standard InChI is InChI=1S/C11H11ClN2O2/c1-6-3-7(9-5-10(13)14-16-9)11(15-2)8(12)4-6/h3-5H,1-2H3,(H2,13,14). The maximum absolute atomic E-state index is 6.07. The van der Waals surface area contributed by atoms with Gasteiger partial charge in [0.15, 0.2) is 11.6 Å². The van der Waals surface area contributed by atoms with E-state index in [1.165, 1.54) is 0 Å². The maximum atomic E-state index is 6.07. The van der Waals surface area contributed by atoms with E-state index in [2.05, 4.69) is 5.16 Å². The average Bonchev–Trinajstić information content (AvgIpc) is 2.63. The van der Waals surface area contributed by atoms with Gasteiger partial charge in [0.2, 0.25) is 0 Å². The highest BCUT2D eigenvalue weighted by molar-refractivity contribution is 6.32. The number of nitrogen functional groups attached to an aromatic ring is 1. The first kappa shape index (κ1) is 10.8. The molecule has 0 spiro atoms. The summed E-state index contributed by atoms with van der Waals surface area (Å²) < 4.78 is 10.3. The Morgan fingerprint density at radius 2 is 2.12 bits per heavy atom. The molecular weight excluding hydrogens is 228 g/mol. The van der Waals surface area contributed by atoms with E-state index in [-0.39, 0.29) is 0 Å². The highest BCUT2D eigenvalue weighted by atomic mass is 35.5. The van der Waals surface area contributed by atoms with Crippen LogP contribution in [0.1, 0.15) is 5.56 Å². The van der Waals surface area contributed by atoms with E-state index in [9.17, 15) is 0 Å². The topological polar surface area (TPSA) is 61.3 Å². The highest BCUT2D eigenvalue weighted by Gasteiger charge is 2.14. The Hall–Kier alpha value is -1.68. The highest BCUT2D eigenvalue weighted by Crippen LogP contribution is 2.37. The number of aryl methyl sites for hydroxylation is 1. The van der Waals surface area contributed by atoms with Gasteiger partial charge in [0.25, 0.3) is 0 Å². The molecule has 16 heavy (non-hydrogen) atoms. The molecule has 0 aliphatic carbocycles. The normalized spacial score (nSPS) is 10.4. The monoisotopic (exact) mass is 238 g/mol. The minimum absolute atomic E-state index is 0.328. The number of anilines is 1. The van der Waals surface area contributed by atoms with Crippen LogP contribution in [0.15, 0.2) is 22.7 Å². The minimum Gasteiger partial charge on any atom is -0.494 e. The summed E-state index contributed by atoms with van der Waals surface area (Å²) in [5, 5.41) is 4.17. The lowest BCUT2D eigenvalue weighted by molar-refractivity contribution is 0.407. The van der Waals surface area contributed by atoms with E-state index >= 15 is 0 Å². The van der Waals surface area contributed by atoms with Crippen LogP contribution in [0.5, 0.6) is 5.75 Å². The van der Waals surface area contributed by atoms with Crippen LogP contribution in [-0.2, 0) is 0 Å². The Balaban J connectivity index is 2.63. The molecule has 5 heteroatoms. The fourth-order valence-electron chi connectivity index (χ4n) is 1.54. The molecule has 0 atom stereocenters. The molecule has 1 aromatic heterocycles. The summed E-state index contributed by atoms with van der Waals surface area (Å²) in [7, 11) is 1.56. The van der Waals surface area contributed by atoms with E-state index < -0.39 is 0 Å². The summed E-state index contributed by atoms with van der Waals surface area (Å²) in [4.78, 5) is 0. The van der Waals surface area contributed by atoms with Gasteiger partial charge >= 0.3 is 0 Å². The molecule has 84 valence electrons. The van der Waals surface area contributed by atoms with Gasteiger partial charge in [-0.3, -0.25) is 0 Å². The van der Waals surface area contributed by atoms with E-state index in [1.807, 2.05) is 19.1 Å². The average molecular weight is 239 g/mol. The van der Waals surface area contributed by atoms with Crippen LogP contribution in [0, 0.1) is 6.92 Å². The molecule has 2 aromatic rings. The number of benzene rings is 1. The molecule has 0 saturated heterocycles. The van der Waals surface area contributed by atoms with Gasteiger partial charge in [-0.15, -0.1) is 0 Å². The Bertz CT molecular complexity index is 523. The predicted molar refractivity (Wildman–Crippen MR) is 62.7 cm³/mol. The number of hydrogen-bond donors (Lipinski definition) is 1. The van der Waals surface area contributed by atoms with Crippen LogP contribution in [0.3, 0.4) is 0 Å². The van der Waals surface area contributed by atoms with E-state index in [0.29, 0.717) is 22.4 Å². The van der Waals surface area contributed by atoms with Crippen molar-refractivity contribution in [2.45, 2.75) is 6.92 Å². The van der Waals surface area contributed by atoms with E-state index in [1.54, 1.807) is 13.2 Å². The number of halogens is 1. The van der Waals surface area contributed by atoms with Crippen molar-refractivity contribution in [3.05, 3.63) is 28.8 Å². The first-order valence-corrected chi connectivity index (χ1v) is 5.06. The molecule has 0 bridgehead atoms. The van der Waals surface area contributed by atoms with Gasteiger partial charge in [0.1, 0.15) is 5.75 Å². The van der Waals surface area contributed by atoms with Crippen molar-refractivity contribution in [3.63, 3.8) is 0 Å². The number of hydrogen-bond acceptors (Lipinski definition) is 4. The summed E-state index contributed by atoms with van der Waals surface area (Å²) in [6.07, 6.45) is 0. The van der Waals surface area contributed by atoms with Gasteiger partial charge < -0.3 is 15.0 Å². The second-order valence-electron chi connectivity index (χ2n) is 3.44. The molecule has 0 fully saturated rings. The molecule has 0 aliphatic rings. The lowest BCUT2D eigenvalue weighted by Crippen LogP contribution is -1.89. The number of nitrogens with zero attached hydrogens (tertiary/aromatic N) is 1. The molecule has 0 amide bonds. The molecular formula is C11H11ClN2O2. The van der Waals surface area contributed by atoms with Crippen LogP contribution >= 0.6 is 11.6 Å². The van der Waals surface area contributed by atoms with E-state index in [0.717, 1.165) is 11.1 Å². The van der Waals surface area contributed by atoms with Crippen molar-refractivity contribution in [1.29, 1.82) is 0 Å². The molecule has 2 rings (SSSR count). The fraction of sp³-hybridized carbons (Fsp3) is 0.182. The zero-order chi connectivity index (χ0) is 11.7. The number of ether oxygens (including phenoxy) is 1. The van der Waals surface area contributed by atoms with Gasteiger partial charge in [-0.25, -0.2) is 0 Å². The van der Waals surface area contributed by atoms with Gasteiger partial charge in [-0.1, -0.05) is 16.8 Å². The zero-order valence-corrected chi connectivity index (χ0v) is 9.71. The maximum Gasteiger partial charge on any atom is 0.172 e. The van der Waals surface area contributed by atoms with Crippen LogP contribution < -0.4 is 10.5 Å². The van der Waals surface area contributed by atoms with Crippen molar-refractivity contribution in [2.75, 3.05) is 12.8 Å². The molecule has 1 heterocycles. The van der Waals surface area contributed by atoms with Gasteiger partial charge in [0.05, 0.1) is 17.7 Å². The summed E-state index contributed by atoms with van der Waals surface area (Å²) in [6, 6.07) is 5.36. The Morgan fingerprint density at radius 1 is 1.38 bits per heavy atom. The van der Waals surface area contributed by atoms with Crippen molar-refractivity contribution in [3.8, 4) is 17.1 Å². The van der Waals surface area contributed by atoms with Gasteiger partial charge in [-0.2, -0.15) is 0 Å². The Labute approximate surface area is 97.9 Å². The third-order valence-corrected chi connectivity index (χ3v) is 2.47. The summed E-state index contributed by atoms with van der Waals surface area (Å²) in [6.45, 7) is 1.94. The Kier molecular flexibility index (Phi) is 2.75. The van der Waals surface area contributed by atoms with Crippen molar-refractivity contribution in [1.82, 2.24) is 5.16 Å². The zero-order valence-electron chi connectivity index (χ0n) is 8.95. The number of rotatable bonds is 2. The molecule has 0 unspecified atom stereocenters. The van der Waals surface area contributed by atoms with Crippen LogP contribution in [0.4, 0.5) is 5.82 Å². The third kappa shape index (κ3) is 1.84. The number of aromatic nitrogens is 1. The molecule has 4 nitrogen and oxygen atoms in total. The molecule has 1 aromatic carbocycles. The van der Waals surface area contributed by atoms with Crippen LogP contribution in [-0.4, -0.2) is 12.3 Å². The second kappa shape index (κ2) is 4.06. The van der Waals surface area contributed by atoms with Crippen molar-refractivity contribution >= 4 is 17.4 Å². The van der Waals surface area contributed by atoms with Gasteiger partial charge in [-0.05, 0) is 24.6 Å². The molecule has 0 saturated carbocycles. The number of methoxy groups -OCH3 is 1. The fourth-order valence-corrected chi connectivity index (χ4v) is 1.89. The summed E-state index contributed by atoms with van der Waals surface area (Å²) >= 11 is 6.07. The molecule has 0 aliphatic heterocycles. The SMILES string of the molecule is COc1c(Cl)cc(C)cc1-c1cc(N)no1. The largest absolute Gasteiger partial charge is 0.494 e. The molecule has 2 N–H and O–H groups in total. The van der Waals surface area contributed by atoms with Crippen molar-refractivity contribution < 1.29 is 9.26 Å². The smallest absolute Gasteiger partial charge is 0.172 e. The lowest BCUT2D eigenvalue weighted by Gasteiger charge is -2.08. The summed E-state index contributed by atoms with van der Waals surface area (Å²) in [5.41, 5.74) is 7.26. The van der Waals surface area contributed by atoms with Crippen LogP contribution in [0.2, 0.25) is 5.02 Å². The first-order valence-electron chi connectivity index (χ1n) is 4.68. The lowest BCUT2D eigenvalue weighted by atomic mass is 10.1. The summed E-state index contributed by atoms with van der Waals surface area (Å²) in [5.74, 6) is 1.43. The van der Waals surface area contributed by atoms with Crippen LogP contribution in [0.25, 0.3) is 11.3 Å². The third-order valence-electron chi connectivity index (χ3n) is 2.19. The van der Waals surface area contributed by atoms with E-state index in [4.69, 9.17) is 26.6 Å². The minimum atomic E-state index is 0.328. The quantitative estimate of drug-likeness (QED) is 0.874. The first-order chi connectivity index (χ1) is 7.61. The predicted octanol–water partition coefficient (Wildman–Crippen LogP) is 2.89. The van der Waals surface area contributed by atoms with Crippen molar-refractivity contribution in [2.24, 2.45) is 0 Å². The second-order valence-corrected chi connectivity index (χ2v) is 3.85. The number of nitrogens with two attached hydrogens (primary N) is 1. The Morgan fingerprint density at radius 3 is 2.69 bits per heavy atom. The van der Waals surface area contributed by atoms with Gasteiger partial charge in [0, 0.05) is 6.07 Å².